The molecule has 1 unspecified atom stereocenters. The second kappa shape index (κ2) is 5.53. The first-order valence-corrected chi connectivity index (χ1v) is 5.44. The molecule has 0 nitrogen and oxygen atoms in total. The highest BCUT2D eigenvalue weighted by Crippen LogP contribution is 2.00. The van der Waals surface area contributed by atoms with Crippen LogP contribution in [0.15, 0.2) is 0 Å². The third kappa shape index (κ3) is 4.55. The van der Waals surface area contributed by atoms with Crippen LogP contribution in [-0.4, -0.2) is 12.5 Å². The average molecular weight is 164 g/mol. The molecule has 8 heavy (non-hydrogen) atoms. The van der Waals surface area contributed by atoms with Gasteiger partial charge in [-0.15, -0.1) is 10.3 Å². The lowest BCUT2D eigenvalue weighted by atomic mass is 11.4. The average Bonchev–Trinajstić information content (AvgIpc) is 1.83. The Labute approximate surface area is 62.4 Å². The Kier molecular flexibility index (Phi) is 5.79. The molecule has 0 aromatic carbocycles. The molecule has 0 aliphatic rings. The molecule has 0 bridgehead atoms. The molecular weight excluding hydrogens is 156 g/mol. The Bertz CT molecular complexity index is 182. The number of hydrogen-bond donors (Lipinski definition) is 2. The number of hydrogen-bond acceptors (Lipinski definition) is 2. The van der Waals surface area contributed by atoms with Crippen molar-refractivity contribution in [2.24, 2.45) is 0 Å². The Morgan fingerprint density at radius 2 is 2.25 bits per heavy atom. The van der Waals surface area contributed by atoms with Crippen LogP contribution in [-0.2, 0) is 0 Å². The molecule has 0 aromatic rings. The van der Waals surface area contributed by atoms with Crippen LogP contribution < -0.4 is 0 Å². The first-order chi connectivity index (χ1) is 3.81. The normalized spacial score (nSPS) is 10.9. The Hall–Kier alpha value is 0.390. The standard InChI is InChI=1S/C5H8S3/c1-7-3-4-8(2)5-6/h6,8H,1-2H3. The summed E-state index contributed by atoms with van der Waals surface area (Å²) in [5.74, 6) is 0. The topological polar surface area (TPSA) is 0 Å². The number of rotatable bonds is 0. The van der Waals surface area contributed by atoms with Crippen molar-refractivity contribution in [2.75, 3.05) is 12.5 Å². The van der Waals surface area contributed by atoms with E-state index in [0.29, 0.717) is 0 Å². The zero-order valence-corrected chi connectivity index (χ0v) is 7.41. The van der Waals surface area contributed by atoms with E-state index in [1.165, 1.54) is 11.8 Å². The highest BCUT2D eigenvalue weighted by molar-refractivity contribution is 8.16. The summed E-state index contributed by atoms with van der Waals surface area (Å²) in [6.45, 7) is 0. The zero-order chi connectivity index (χ0) is 6.41. The molecule has 0 heterocycles. The maximum absolute atomic E-state index is 3.86. The molecule has 0 aliphatic carbocycles. The summed E-state index contributed by atoms with van der Waals surface area (Å²) in [5, 5.41) is 5.86. The molecule has 1 atom stereocenters. The lowest BCUT2D eigenvalue weighted by Gasteiger charge is -1.76. The third-order valence-corrected chi connectivity index (χ3v) is 2.57. The second-order valence-corrected chi connectivity index (χ2v) is 3.83. The van der Waals surface area contributed by atoms with Crippen LogP contribution in [0.5, 0.6) is 0 Å². The molecule has 0 amide bonds. The van der Waals surface area contributed by atoms with E-state index in [9.17, 15) is 0 Å². The van der Waals surface area contributed by atoms with Gasteiger partial charge < -0.3 is 0 Å². The van der Waals surface area contributed by atoms with Gasteiger partial charge in [0.25, 0.3) is 0 Å². The Morgan fingerprint density at radius 3 is 2.62 bits per heavy atom. The molecule has 0 radical (unpaired) electrons. The molecule has 0 rings (SSSR count). The van der Waals surface area contributed by atoms with Crippen LogP contribution in [0.2, 0.25) is 0 Å². The van der Waals surface area contributed by atoms with E-state index < -0.39 is 0 Å². The lowest BCUT2D eigenvalue weighted by molar-refractivity contribution is 2.48. The van der Waals surface area contributed by atoms with Crippen molar-refractivity contribution in [3.63, 3.8) is 0 Å². The first-order valence-electron chi connectivity index (χ1n) is 1.98. The van der Waals surface area contributed by atoms with Crippen molar-refractivity contribution >= 4 is 34.7 Å². The fourth-order valence-corrected chi connectivity index (χ4v) is 1.25. The van der Waals surface area contributed by atoms with Crippen LogP contribution in [0.3, 0.4) is 0 Å². The summed E-state index contributed by atoms with van der Waals surface area (Å²) < 4.78 is 2.77. The molecule has 0 fully saturated rings. The van der Waals surface area contributed by atoms with Crippen molar-refractivity contribution in [2.45, 2.75) is 0 Å². The second-order valence-electron chi connectivity index (χ2n) is 1.08. The molecule has 0 aliphatic heterocycles. The predicted molar refractivity (Wildman–Crippen MR) is 49.1 cm³/mol. The zero-order valence-electron chi connectivity index (χ0n) is 4.80. The minimum absolute atomic E-state index is 0.352. The summed E-state index contributed by atoms with van der Waals surface area (Å²) in [6, 6.07) is 0. The van der Waals surface area contributed by atoms with Crippen molar-refractivity contribution in [1.82, 2.24) is 0 Å². The Morgan fingerprint density at radius 1 is 1.62 bits per heavy atom. The van der Waals surface area contributed by atoms with Crippen LogP contribution in [0, 0.1) is 15.0 Å². The van der Waals surface area contributed by atoms with Crippen LogP contribution in [0.25, 0.3) is 0 Å². The Balaban J connectivity index is 3.83. The van der Waals surface area contributed by atoms with Gasteiger partial charge in [-0.05, 0) is 23.0 Å². The lowest BCUT2D eigenvalue weighted by Crippen LogP contribution is -1.47. The maximum Gasteiger partial charge on any atom is -0.00591 e. The van der Waals surface area contributed by atoms with E-state index in [4.69, 9.17) is 0 Å². The fourth-order valence-electron chi connectivity index (χ4n) is 0.139. The van der Waals surface area contributed by atoms with Gasteiger partial charge in [0.15, 0.2) is 0 Å². The van der Waals surface area contributed by atoms with Crippen molar-refractivity contribution in [1.29, 1.82) is 0 Å². The number of thioether (sulfide) groups is 1. The number of thiol groups is 2. The van der Waals surface area contributed by atoms with E-state index in [2.05, 4.69) is 27.7 Å². The molecular formula is C5H8S3. The minimum Gasteiger partial charge on any atom is -0.128 e. The molecule has 3 heteroatoms. The minimum atomic E-state index is -0.352. The molecule has 0 saturated heterocycles. The van der Waals surface area contributed by atoms with Crippen LogP contribution in [0.4, 0.5) is 0 Å². The van der Waals surface area contributed by atoms with Gasteiger partial charge >= 0.3 is 0 Å². The summed E-state index contributed by atoms with van der Waals surface area (Å²) in [4.78, 5) is 0. The van der Waals surface area contributed by atoms with Gasteiger partial charge in [-0.25, -0.2) is 0 Å². The predicted octanol–water partition coefficient (Wildman–Crippen LogP) is 1.75. The third-order valence-electron chi connectivity index (χ3n) is 0.465. The molecule has 0 N–H and O–H groups in total. The van der Waals surface area contributed by atoms with Gasteiger partial charge in [0, 0.05) is 0 Å². The van der Waals surface area contributed by atoms with Gasteiger partial charge in [-0.1, -0.05) is 28.9 Å². The maximum atomic E-state index is 3.86. The molecule has 0 aromatic heterocycles. The fraction of sp³-hybridized carbons (Fsp3) is 0.400. The summed E-state index contributed by atoms with van der Waals surface area (Å²) >= 11 is 5.38. The summed E-state index contributed by atoms with van der Waals surface area (Å²) in [5.41, 5.74) is 0. The van der Waals surface area contributed by atoms with Gasteiger partial charge in [0.05, 0.1) is 0 Å². The largest absolute Gasteiger partial charge is 0.128 e. The van der Waals surface area contributed by atoms with Gasteiger partial charge in [-0.2, -0.15) is 0 Å². The van der Waals surface area contributed by atoms with Gasteiger partial charge in [0.1, 0.15) is 0 Å². The van der Waals surface area contributed by atoms with Crippen molar-refractivity contribution in [3.05, 3.63) is 0 Å². The van der Waals surface area contributed by atoms with E-state index >= 15 is 0 Å². The highest BCUT2D eigenvalue weighted by Gasteiger charge is 1.63. The van der Waals surface area contributed by atoms with Crippen LogP contribution in [0.1, 0.15) is 0 Å². The van der Waals surface area contributed by atoms with E-state index in [-0.39, 0.29) is 10.3 Å². The monoisotopic (exact) mass is 164 g/mol. The van der Waals surface area contributed by atoms with E-state index in [1.807, 2.05) is 12.5 Å². The summed E-state index contributed by atoms with van der Waals surface area (Å²) in [7, 11) is -0.352. The first kappa shape index (κ1) is 8.39. The van der Waals surface area contributed by atoms with E-state index in [1.54, 1.807) is 0 Å². The smallest absolute Gasteiger partial charge is 0.00591 e. The van der Waals surface area contributed by atoms with Crippen LogP contribution >= 0.6 is 34.7 Å². The van der Waals surface area contributed by atoms with Crippen molar-refractivity contribution in [3.8, 4) is 15.0 Å². The van der Waals surface area contributed by atoms with Crippen molar-refractivity contribution < 1.29 is 0 Å². The van der Waals surface area contributed by atoms with Gasteiger partial charge in [0.2, 0.25) is 0 Å². The molecule has 0 saturated carbocycles. The van der Waals surface area contributed by atoms with E-state index in [0.717, 1.165) is 0 Å². The molecule has 0 spiro atoms. The highest BCUT2D eigenvalue weighted by atomic mass is 32.2. The van der Waals surface area contributed by atoms with Gasteiger partial charge in [-0.3, -0.25) is 0 Å². The summed E-state index contributed by atoms with van der Waals surface area (Å²) in [6.07, 6.45) is 3.97. The molecule has 46 valence electrons. The quantitative estimate of drug-likeness (QED) is 0.406. The SMILES string of the molecule is CSC#C[SH](C)#CS.